The number of hydrogen-bond acceptors (Lipinski definition) is 6. The summed E-state index contributed by atoms with van der Waals surface area (Å²) in [6.07, 6.45) is 1.36. The number of likely N-dealkylation sites (tertiary alicyclic amines) is 1. The zero-order chi connectivity index (χ0) is 15.6. The molecule has 1 amide bonds. The summed E-state index contributed by atoms with van der Waals surface area (Å²) < 4.78 is 5.35. The number of hydrogen-bond donors (Lipinski definition) is 0. The summed E-state index contributed by atoms with van der Waals surface area (Å²) in [5, 5.41) is 10.1. The summed E-state index contributed by atoms with van der Waals surface area (Å²) in [6, 6.07) is 5.93. The second-order valence-corrected chi connectivity index (χ2v) is 7.30. The average Bonchev–Trinajstić information content (AvgIpc) is 3.30. The van der Waals surface area contributed by atoms with Gasteiger partial charge in [0.2, 0.25) is 5.91 Å². The molecule has 1 fully saturated rings. The lowest BCUT2D eigenvalue weighted by Crippen LogP contribution is -2.29. The Morgan fingerprint density at radius 3 is 3.13 bits per heavy atom. The first-order valence-electron chi connectivity index (χ1n) is 7.46. The van der Waals surface area contributed by atoms with Gasteiger partial charge in [-0.15, -0.1) is 11.3 Å². The van der Waals surface area contributed by atoms with Crippen molar-refractivity contribution in [3.8, 4) is 10.8 Å². The molecular formula is C16H15N3O2S2. The molecular weight excluding hydrogens is 330 g/mol. The van der Waals surface area contributed by atoms with Crippen molar-refractivity contribution < 1.29 is 9.32 Å². The highest BCUT2D eigenvalue weighted by molar-refractivity contribution is 7.13. The van der Waals surface area contributed by atoms with Crippen LogP contribution in [-0.4, -0.2) is 34.0 Å². The summed E-state index contributed by atoms with van der Waals surface area (Å²) in [7, 11) is 0. The molecule has 118 valence electrons. The van der Waals surface area contributed by atoms with Crippen LogP contribution in [-0.2, 0) is 11.2 Å². The monoisotopic (exact) mass is 345 g/mol. The van der Waals surface area contributed by atoms with Crippen molar-refractivity contribution in [1.29, 1.82) is 0 Å². The van der Waals surface area contributed by atoms with Gasteiger partial charge in [0.25, 0.3) is 5.89 Å². The van der Waals surface area contributed by atoms with Gasteiger partial charge in [0.15, 0.2) is 5.82 Å². The molecule has 1 atom stereocenters. The van der Waals surface area contributed by atoms with Crippen molar-refractivity contribution >= 4 is 28.6 Å². The van der Waals surface area contributed by atoms with Gasteiger partial charge < -0.3 is 9.42 Å². The molecule has 7 heteroatoms. The first kappa shape index (κ1) is 14.6. The molecule has 5 nitrogen and oxygen atoms in total. The van der Waals surface area contributed by atoms with E-state index in [2.05, 4.69) is 10.1 Å². The van der Waals surface area contributed by atoms with Crippen LogP contribution < -0.4 is 0 Å². The van der Waals surface area contributed by atoms with Crippen LogP contribution in [0.15, 0.2) is 38.9 Å². The lowest BCUT2D eigenvalue weighted by Gasteiger charge is -2.15. The van der Waals surface area contributed by atoms with E-state index in [4.69, 9.17) is 4.52 Å². The van der Waals surface area contributed by atoms with Crippen LogP contribution >= 0.6 is 22.7 Å². The Bertz CT molecular complexity index is 780. The van der Waals surface area contributed by atoms with Crippen molar-refractivity contribution in [2.75, 3.05) is 13.1 Å². The zero-order valence-electron chi connectivity index (χ0n) is 12.3. The SMILES string of the molecule is O=C(Cc1ccsc1)N1CCC(c2noc(-c3cccs3)n2)C1. The number of nitrogens with zero attached hydrogens (tertiary/aromatic N) is 3. The third-order valence-electron chi connectivity index (χ3n) is 4.02. The summed E-state index contributed by atoms with van der Waals surface area (Å²) in [4.78, 5) is 19.7. The third-order valence-corrected chi connectivity index (χ3v) is 5.61. The smallest absolute Gasteiger partial charge is 0.267 e. The number of aromatic nitrogens is 2. The van der Waals surface area contributed by atoms with Gasteiger partial charge in [-0.25, -0.2) is 0 Å². The molecule has 0 bridgehead atoms. The Labute approximate surface area is 141 Å². The van der Waals surface area contributed by atoms with Crippen LogP contribution in [0.25, 0.3) is 10.8 Å². The molecule has 0 spiro atoms. The number of amides is 1. The molecule has 0 aromatic carbocycles. The highest BCUT2D eigenvalue weighted by atomic mass is 32.1. The van der Waals surface area contributed by atoms with E-state index in [1.54, 1.807) is 22.7 Å². The highest BCUT2D eigenvalue weighted by Gasteiger charge is 2.30. The van der Waals surface area contributed by atoms with Crippen LogP contribution in [0.1, 0.15) is 23.7 Å². The maximum atomic E-state index is 12.3. The Hall–Kier alpha value is -1.99. The Balaban J connectivity index is 1.41. The Morgan fingerprint density at radius 1 is 1.39 bits per heavy atom. The van der Waals surface area contributed by atoms with E-state index in [1.165, 1.54) is 0 Å². The van der Waals surface area contributed by atoms with Crippen LogP contribution in [0, 0.1) is 0 Å². The predicted octanol–water partition coefficient (Wildman–Crippen LogP) is 3.42. The summed E-state index contributed by atoms with van der Waals surface area (Å²) >= 11 is 3.20. The zero-order valence-corrected chi connectivity index (χ0v) is 14.0. The second-order valence-electron chi connectivity index (χ2n) is 5.57. The van der Waals surface area contributed by atoms with Gasteiger partial charge in [-0.05, 0) is 40.3 Å². The van der Waals surface area contributed by atoms with Gasteiger partial charge in [-0.1, -0.05) is 11.2 Å². The summed E-state index contributed by atoms with van der Waals surface area (Å²) in [5.74, 6) is 1.61. The van der Waals surface area contributed by atoms with Crippen LogP contribution in [0.3, 0.4) is 0 Å². The normalized spacial score (nSPS) is 17.7. The minimum absolute atomic E-state index is 0.166. The molecule has 23 heavy (non-hydrogen) atoms. The Morgan fingerprint density at radius 2 is 2.35 bits per heavy atom. The molecule has 3 aromatic heterocycles. The molecule has 0 aliphatic carbocycles. The lowest BCUT2D eigenvalue weighted by molar-refractivity contribution is -0.129. The fourth-order valence-corrected chi connectivity index (χ4v) is 4.09. The maximum absolute atomic E-state index is 12.3. The number of thiophene rings is 2. The van der Waals surface area contributed by atoms with E-state index in [1.807, 2.05) is 39.2 Å². The standard InChI is InChI=1S/C16H15N3O2S2/c20-14(8-11-4-7-22-10-11)19-5-3-12(9-19)15-17-16(21-18-15)13-2-1-6-23-13/h1-2,4,6-7,10,12H,3,5,8-9H2. The van der Waals surface area contributed by atoms with Crippen molar-refractivity contribution in [2.45, 2.75) is 18.8 Å². The topological polar surface area (TPSA) is 59.2 Å². The average molecular weight is 345 g/mol. The van der Waals surface area contributed by atoms with E-state index in [0.717, 1.165) is 23.4 Å². The van der Waals surface area contributed by atoms with Crippen LogP contribution in [0.5, 0.6) is 0 Å². The fraction of sp³-hybridized carbons (Fsp3) is 0.312. The minimum Gasteiger partial charge on any atom is -0.342 e. The molecule has 1 saturated heterocycles. The minimum atomic E-state index is 0.166. The third kappa shape index (κ3) is 3.07. The molecule has 1 aliphatic heterocycles. The molecule has 4 heterocycles. The highest BCUT2D eigenvalue weighted by Crippen LogP contribution is 2.29. The fourth-order valence-electron chi connectivity index (χ4n) is 2.78. The van der Waals surface area contributed by atoms with E-state index in [9.17, 15) is 4.79 Å². The van der Waals surface area contributed by atoms with Gasteiger partial charge >= 0.3 is 0 Å². The van der Waals surface area contributed by atoms with Gasteiger partial charge in [-0.2, -0.15) is 16.3 Å². The van der Waals surface area contributed by atoms with E-state index < -0.39 is 0 Å². The quantitative estimate of drug-likeness (QED) is 0.727. The van der Waals surface area contributed by atoms with E-state index in [0.29, 0.717) is 24.7 Å². The molecule has 1 aliphatic rings. The van der Waals surface area contributed by atoms with E-state index >= 15 is 0 Å². The second kappa shape index (κ2) is 6.25. The van der Waals surface area contributed by atoms with Gasteiger partial charge in [0.05, 0.1) is 11.3 Å². The molecule has 3 aromatic rings. The number of carbonyl (C=O) groups is 1. The molecule has 1 unspecified atom stereocenters. The van der Waals surface area contributed by atoms with Crippen LogP contribution in [0.2, 0.25) is 0 Å². The molecule has 0 radical (unpaired) electrons. The lowest BCUT2D eigenvalue weighted by atomic mass is 10.1. The largest absolute Gasteiger partial charge is 0.342 e. The first-order chi connectivity index (χ1) is 11.3. The maximum Gasteiger partial charge on any atom is 0.267 e. The van der Waals surface area contributed by atoms with Gasteiger partial charge in [-0.3, -0.25) is 4.79 Å². The van der Waals surface area contributed by atoms with Crippen molar-refractivity contribution in [1.82, 2.24) is 15.0 Å². The van der Waals surface area contributed by atoms with Crippen LogP contribution in [0.4, 0.5) is 0 Å². The molecule has 0 saturated carbocycles. The Kier molecular flexibility index (Phi) is 3.97. The number of carbonyl (C=O) groups excluding carboxylic acids is 1. The summed E-state index contributed by atoms with van der Waals surface area (Å²) in [5.41, 5.74) is 1.09. The van der Waals surface area contributed by atoms with Crippen molar-refractivity contribution in [2.24, 2.45) is 0 Å². The molecule has 0 N–H and O–H groups in total. The summed E-state index contributed by atoms with van der Waals surface area (Å²) in [6.45, 7) is 1.43. The van der Waals surface area contributed by atoms with Gasteiger partial charge in [0.1, 0.15) is 0 Å². The van der Waals surface area contributed by atoms with Crippen molar-refractivity contribution in [3.63, 3.8) is 0 Å². The number of rotatable bonds is 4. The van der Waals surface area contributed by atoms with Gasteiger partial charge in [0, 0.05) is 19.0 Å². The molecule has 4 rings (SSSR count). The first-order valence-corrected chi connectivity index (χ1v) is 9.28. The van der Waals surface area contributed by atoms with E-state index in [-0.39, 0.29) is 11.8 Å². The predicted molar refractivity (Wildman–Crippen MR) is 89.6 cm³/mol. The van der Waals surface area contributed by atoms with Crippen molar-refractivity contribution in [3.05, 3.63) is 45.7 Å².